The summed E-state index contributed by atoms with van der Waals surface area (Å²) in [6.45, 7) is 7.42. The van der Waals surface area contributed by atoms with Gasteiger partial charge in [0.05, 0.1) is 6.04 Å². The Morgan fingerprint density at radius 3 is 2.46 bits per heavy atom. The van der Waals surface area contributed by atoms with E-state index in [1.165, 1.54) is 0 Å². The van der Waals surface area contributed by atoms with Crippen molar-refractivity contribution in [1.29, 1.82) is 0 Å². The van der Waals surface area contributed by atoms with Crippen LogP contribution in [0.25, 0.3) is 0 Å². The lowest BCUT2D eigenvalue weighted by Crippen LogP contribution is -2.46. The topological polar surface area (TPSA) is 76.1 Å². The number of hydrogen-bond donors (Lipinski definition) is 1. The standard InChI is InChI=1S/C18H29NO5/c1-6-11(4)18(22)23-12-8-13-16(21)17(14(9-12)19(13)5)24-15(20)7-10(2)3/h6,10,12-14,16-17,21H,7-9H2,1-5H3. The Hall–Kier alpha value is -1.40. The van der Waals surface area contributed by atoms with Gasteiger partial charge in [0.1, 0.15) is 18.3 Å². The molecule has 136 valence electrons. The fourth-order valence-electron chi connectivity index (χ4n) is 3.55. The van der Waals surface area contributed by atoms with E-state index in [1.54, 1.807) is 19.9 Å². The van der Waals surface area contributed by atoms with E-state index in [0.29, 0.717) is 24.8 Å². The van der Waals surface area contributed by atoms with E-state index in [2.05, 4.69) is 0 Å². The summed E-state index contributed by atoms with van der Waals surface area (Å²) in [6, 6.07) is -0.289. The molecule has 24 heavy (non-hydrogen) atoms. The molecule has 0 saturated carbocycles. The zero-order valence-electron chi connectivity index (χ0n) is 15.2. The first kappa shape index (κ1) is 18.9. The van der Waals surface area contributed by atoms with Gasteiger partial charge in [0.2, 0.25) is 0 Å². The molecule has 2 aliphatic heterocycles. The lowest BCUT2D eigenvalue weighted by Gasteiger charge is -2.36. The van der Waals surface area contributed by atoms with Crippen LogP contribution in [0.1, 0.15) is 47.0 Å². The highest BCUT2D eigenvalue weighted by Gasteiger charge is 2.53. The van der Waals surface area contributed by atoms with Gasteiger partial charge in [-0.3, -0.25) is 9.69 Å². The van der Waals surface area contributed by atoms with Crippen LogP contribution in [-0.4, -0.2) is 59.4 Å². The van der Waals surface area contributed by atoms with Crippen LogP contribution in [0.5, 0.6) is 0 Å². The summed E-state index contributed by atoms with van der Waals surface area (Å²) in [7, 11) is 1.92. The van der Waals surface area contributed by atoms with Crippen LogP contribution in [0.4, 0.5) is 0 Å². The minimum atomic E-state index is -0.748. The maximum atomic E-state index is 12.0. The molecular formula is C18H29NO5. The second-order valence-corrected chi connectivity index (χ2v) is 7.31. The zero-order chi connectivity index (χ0) is 18.0. The predicted molar refractivity (Wildman–Crippen MR) is 89.2 cm³/mol. The number of hydrogen-bond acceptors (Lipinski definition) is 6. The summed E-state index contributed by atoms with van der Waals surface area (Å²) in [5, 5.41) is 10.5. The first-order valence-electron chi connectivity index (χ1n) is 8.68. The Labute approximate surface area is 143 Å². The largest absolute Gasteiger partial charge is 0.459 e. The van der Waals surface area contributed by atoms with E-state index in [0.717, 1.165) is 0 Å². The van der Waals surface area contributed by atoms with E-state index in [4.69, 9.17) is 9.47 Å². The molecule has 0 aromatic carbocycles. The van der Waals surface area contributed by atoms with Gasteiger partial charge < -0.3 is 14.6 Å². The highest BCUT2D eigenvalue weighted by molar-refractivity contribution is 5.87. The third-order valence-electron chi connectivity index (χ3n) is 5.04. The molecular weight excluding hydrogens is 310 g/mol. The van der Waals surface area contributed by atoms with Crippen molar-refractivity contribution in [3.63, 3.8) is 0 Å². The second kappa shape index (κ2) is 7.66. The SMILES string of the molecule is CC=C(C)C(=O)OC1CC2C(O)C(OC(=O)CC(C)C)C(C1)N2C. The van der Waals surface area contributed by atoms with E-state index in [1.807, 2.05) is 25.8 Å². The molecule has 0 amide bonds. The number of likely N-dealkylation sites (N-methyl/N-ethyl adjacent to an activating group) is 1. The molecule has 5 atom stereocenters. The number of carbonyl (C=O) groups is 2. The average molecular weight is 339 g/mol. The molecule has 0 aromatic rings. The highest BCUT2D eigenvalue weighted by atomic mass is 16.6. The van der Waals surface area contributed by atoms with Crippen LogP contribution in [0.2, 0.25) is 0 Å². The van der Waals surface area contributed by atoms with E-state index >= 15 is 0 Å². The van der Waals surface area contributed by atoms with Gasteiger partial charge in [0.25, 0.3) is 0 Å². The number of fused-ring (bicyclic) bond motifs is 2. The van der Waals surface area contributed by atoms with Crippen molar-refractivity contribution in [3.05, 3.63) is 11.6 Å². The third-order valence-corrected chi connectivity index (χ3v) is 5.04. The molecule has 0 aromatic heterocycles. The van der Waals surface area contributed by atoms with E-state index in [-0.39, 0.29) is 36.0 Å². The third kappa shape index (κ3) is 3.98. The number of aliphatic hydroxyl groups excluding tert-OH is 1. The lowest BCUT2D eigenvalue weighted by atomic mass is 10.00. The van der Waals surface area contributed by atoms with Crippen molar-refractivity contribution < 1.29 is 24.2 Å². The van der Waals surface area contributed by atoms with Gasteiger partial charge in [0.15, 0.2) is 0 Å². The Bertz CT molecular complexity index is 516. The maximum Gasteiger partial charge on any atom is 0.333 e. The summed E-state index contributed by atoms with van der Waals surface area (Å²) in [5.74, 6) is -0.395. The van der Waals surface area contributed by atoms with Gasteiger partial charge in [-0.15, -0.1) is 0 Å². The summed E-state index contributed by atoms with van der Waals surface area (Å²) >= 11 is 0. The quantitative estimate of drug-likeness (QED) is 0.606. The lowest BCUT2D eigenvalue weighted by molar-refractivity contribution is -0.156. The van der Waals surface area contributed by atoms with Crippen LogP contribution in [-0.2, 0) is 19.1 Å². The Morgan fingerprint density at radius 1 is 1.25 bits per heavy atom. The number of rotatable bonds is 5. The number of esters is 2. The summed E-state index contributed by atoms with van der Waals surface area (Å²) in [4.78, 5) is 26.0. The number of carbonyl (C=O) groups excluding carboxylic acids is 2. The molecule has 2 saturated heterocycles. The molecule has 5 unspecified atom stereocenters. The Morgan fingerprint density at radius 2 is 1.88 bits per heavy atom. The fraction of sp³-hybridized carbons (Fsp3) is 0.778. The van der Waals surface area contributed by atoms with Crippen LogP contribution in [0.15, 0.2) is 11.6 Å². The number of piperidine rings is 1. The first-order chi connectivity index (χ1) is 11.2. The summed E-state index contributed by atoms with van der Waals surface area (Å²) in [6.07, 6.45) is 1.60. The predicted octanol–water partition coefficient (Wildman–Crippen LogP) is 1.66. The first-order valence-corrected chi connectivity index (χ1v) is 8.68. The van der Waals surface area contributed by atoms with Crippen LogP contribution >= 0.6 is 0 Å². The van der Waals surface area contributed by atoms with Crippen LogP contribution in [0, 0.1) is 5.92 Å². The number of nitrogens with zero attached hydrogens (tertiary/aromatic N) is 1. The summed E-state index contributed by atoms with van der Waals surface area (Å²) in [5.41, 5.74) is 0.571. The number of allylic oxidation sites excluding steroid dienone is 1. The number of ether oxygens (including phenoxy) is 2. The molecule has 2 aliphatic rings. The molecule has 6 heteroatoms. The van der Waals surface area contributed by atoms with Crippen molar-refractivity contribution in [2.75, 3.05) is 7.05 Å². The maximum absolute atomic E-state index is 12.0. The highest BCUT2D eigenvalue weighted by Crippen LogP contribution is 2.38. The molecule has 1 N–H and O–H groups in total. The summed E-state index contributed by atoms with van der Waals surface area (Å²) < 4.78 is 11.1. The van der Waals surface area contributed by atoms with Gasteiger partial charge in [-0.05, 0) is 26.8 Å². The molecule has 0 spiro atoms. The van der Waals surface area contributed by atoms with E-state index < -0.39 is 12.2 Å². The van der Waals surface area contributed by atoms with Crippen molar-refractivity contribution in [2.45, 2.75) is 77.4 Å². The minimum absolute atomic E-state index is 0.126. The molecule has 2 bridgehead atoms. The zero-order valence-corrected chi connectivity index (χ0v) is 15.2. The van der Waals surface area contributed by atoms with Crippen molar-refractivity contribution in [2.24, 2.45) is 5.92 Å². The molecule has 0 radical (unpaired) electrons. The van der Waals surface area contributed by atoms with Crippen molar-refractivity contribution >= 4 is 11.9 Å². The Kier molecular flexibility index (Phi) is 6.04. The van der Waals surface area contributed by atoms with Gasteiger partial charge >= 0.3 is 11.9 Å². The molecule has 0 aliphatic carbocycles. The molecule has 2 rings (SSSR count). The van der Waals surface area contributed by atoms with Crippen LogP contribution in [0.3, 0.4) is 0 Å². The van der Waals surface area contributed by atoms with Crippen molar-refractivity contribution in [3.8, 4) is 0 Å². The monoisotopic (exact) mass is 339 g/mol. The van der Waals surface area contributed by atoms with Gasteiger partial charge in [-0.1, -0.05) is 19.9 Å². The van der Waals surface area contributed by atoms with Gasteiger partial charge in [-0.2, -0.15) is 0 Å². The number of aliphatic hydroxyl groups is 1. The smallest absolute Gasteiger partial charge is 0.333 e. The fourth-order valence-corrected chi connectivity index (χ4v) is 3.55. The molecule has 2 heterocycles. The van der Waals surface area contributed by atoms with Gasteiger partial charge in [-0.25, -0.2) is 4.79 Å². The molecule has 2 fully saturated rings. The Balaban J connectivity index is 2.03. The van der Waals surface area contributed by atoms with Crippen molar-refractivity contribution in [1.82, 2.24) is 4.90 Å². The van der Waals surface area contributed by atoms with E-state index in [9.17, 15) is 14.7 Å². The van der Waals surface area contributed by atoms with Gasteiger partial charge in [0, 0.05) is 30.9 Å². The molecule has 6 nitrogen and oxygen atoms in total. The average Bonchev–Trinajstić information content (AvgIpc) is 2.64. The minimum Gasteiger partial charge on any atom is -0.459 e. The normalized spacial score (nSPS) is 33.6. The van der Waals surface area contributed by atoms with Crippen LogP contribution < -0.4 is 0 Å². The second-order valence-electron chi connectivity index (χ2n) is 7.31.